The third-order valence-corrected chi connectivity index (χ3v) is 2.62. The topological polar surface area (TPSA) is 9.23 Å². The van der Waals surface area contributed by atoms with E-state index in [-0.39, 0.29) is 6.10 Å². The molecule has 0 spiro atoms. The van der Waals surface area contributed by atoms with Crippen molar-refractivity contribution in [3.8, 4) is 0 Å². The summed E-state index contributed by atoms with van der Waals surface area (Å²) in [6.07, 6.45) is 1.26. The van der Waals surface area contributed by atoms with Crippen molar-refractivity contribution in [2.45, 2.75) is 46.0 Å². The zero-order valence-electron chi connectivity index (χ0n) is 8.40. The molecule has 0 heterocycles. The fourth-order valence-electron chi connectivity index (χ4n) is 0.901. The smallest absolute Gasteiger partial charge is 0.184 e. The minimum atomic E-state index is -1.36. The van der Waals surface area contributed by atoms with Gasteiger partial charge in [0.1, 0.15) is 0 Å². The molecule has 0 aromatic heterocycles. The van der Waals surface area contributed by atoms with Crippen molar-refractivity contribution in [3.05, 3.63) is 12.2 Å². The van der Waals surface area contributed by atoms with Crippen LogP contribution in [-0.2, 0) is 4.43 Å². The van der Waals surface area contributed by atoms with Gasteiger partial charge in [-0.3, -0.25) is 0 Å². The van der Waals surface area contributed by atoms with Gasteiger partial charge in [0.25, 0.3) is 0 Å². The van der Waals surface area contributed by atoms with Crippen molar-refractivity contribution in [3.63, 3.8) is 0 Å². The van der Waals surface area contributed by atoms with Gasteiger partial charge >= 0.3 is 0 Å². The van der Waals surface area contributed by atoms with Crippen LogP contribution in [0, 0.1) is 0 Å². The maximum atomic E-state index is 5.83. The maximum absolute atomic E-state index is 5.83. The van der Waals surface area contributed by atoms with Gasteiger partial charge in [-0.25, -0.2) is 0 Å². The van der Waals surface area contributed by atoms with Gasteiger partial charge in [0.15, 0.2) is 8.32 Å². The summed E-state index contributed by atoms with van der Waals surface area (Å²) in [5, 5.41) is 0. The van der Waals surface area contributed by atoms with Crippen LogP contribution in [0.2, 0.25) is 19.6 Å². The minimum Gasteiger partial charge on any atom is -0.411 e. The Kier molecular flexibility index (Phi) is 4.04. The molecule has 0 aliphatic carbocycles. The third-order valence-electron chi connectivity index (χ3n) is 1.56. The van der Waals surface area contributed by atoms with Crippen LogP contribution in [0.25, 0.3) is 0 Å². The average Bonchev–Trinajstić information content (AvgIpc) is 1.82. The van der Waals surface area contributed by atoms with E-state index in [0.29, 0.717) is 0 Å². The molecule has 0 rings (SSSR count). The zero-order valence-corrected chi connectivity index (χ0v) is 9.40. The number of rotatable bonds is 4. The van der Waals surface area contributed by atoms with E-state index in [1.54, 1.807) is 0 Å². The van der Waals surface area contributed by atoms with E-state index < -0.39 is 8.32 Å². The lowest BCUT2D eigenvalue weighted by Gasteiger charge is -2.24. The molecular formula is C9H20OSi. The fourth-order valence-corrected chi connectivity index (χ4v) is 2.13. The molecule has 2 heteroatoms. The summed E-state index contributed by atoms with van der Waals surface area (Å²) in [5.74, 6) is 0. The lowest BCUT2D eigenvalue weighted by molar-refractivity contribution is 0.247. The van der Waals surface area contributed by atoms with Crippen LogP contribution in [0.3, 0.4) is 0 Å². The molecule has 0 aliphatic heterocycles. The van der Waals surface area contributed by atoms with E-state index in [1.165, 1.54) is 5.57 Å². The van der Waals surface area contributed by atoms with Gasteiger partial charge < -0.3 is 4.43 Å². The van der Waals surface area contributed by atoms with E-state index in [0.717, 1.165) is 6.42 Å². The minimum absolute atomic E-state index is 0.242. The van der Waals surface area contributed by atoms with Gasteiger partial charge in [-0.05, 0) is 33.0 Å². The summed E-state index contributed by atoms with van der Waals surface area (Å²) in [6.45, 7) is 14.8. The largest absolute Gasteiger partial charge is 0.411 e. The summed E-state index contributed by atoms with van der Waals surface area (Å²) in [4.78, 5) is 0. The Morgan fingerprint density at radius 1 is 1.45 bits per heavy atom. The normalized spacial score (nSPS) is 14.6. The van der Waals surface area contributed by atoms with E-state index in [9.17, 15) is 0 Å². The second-order valence-electron chi connectivity index (χ2n) is 3.88. The highest BCUT2D eigenvalue weighted by Gasteiger charge is 2.18. The van der Waals surface area contributed by atoms with Crippen LogP contribution >= 0.6 is 0 Å². The van der Waals surface area contributed by atoms with Crippen LogP contribution in [0.1, 0.15) is 20.3 Å². The Hall–Kier alpha value is -0.0831. The highest BCUT2D eigenvalue weighted by molar-refractivity contribution is 6.69. The van der Waals surface area contributed by atoms with Crippen LogP contribution in [0.4, 0.5) is 0 Å². The van der Waals surface area contributed by atoms with Crippen molar-refractivity contribution >= 4 is 8.32 Å². The Morgan fingerprint density at radius 3 is 2.18 bits per heavy atom. The number of hydrogen-bond acceptors (Lipinski definition) is 1. The second-order valence-corrected chi connectivity index (χ2v) is 8.34. The van der Waals surface area contributed by atoms with Crippen molar-refractivity contribution < 1.29 is 4.43 Å². The van der Waals surface area contributed by atoms with E-state index in [1.807, 2.05) is 0 Å². The summed E-state index contributed by atoms with van der Waals surface area (Å²) >= 11 is 0. The fraction of sp³-hybridized carbons (Fsp3) is 0.778. The van der Waals surface area contributed by atoms with Gasteiger partial charge in [-0.2, -0.15) is 0 Å². The Bertz CT molecular complexity index is 135. The quantitative estimate of drug-likeness (QED) is 0.467. The molecule has 1 unspecified atom stereocenters. The second kappa shape index (κ2) is 4.07. The van der Waals surface area contributed by atoms with Crippen LogP contribution < -0.4 is 0 Å². The molecule has 0 saturated heterocycles. The summed E-state index contributed by atoms with van der Waals surface area (Å²) in [6, 6.07) is 0. The summed E-state index contributed by atoms with van der Waals surface area (Å²) < 4.78 is 5.83. The van der Waals surface area contributed by atoms with Crippen molar-refractivity contribution in [1.29, 1.82) is 0 Å². The molecule has 0 aliphatic rings. The molecule has 0 amide bonds. The van der Waals surface area contributed by atoms with Crippen LogP contribution in [-0.4, -0.2) is 14.4 Å². The lowest BCUT2D eigenvalue weighted by atomic mass is 10.1. The Morgan fingerprint density at radius 2 is 1.91 bits per heavy atom. The van der Waals surface area contributed by atoms with Gasteiger partial charge in [0, 0.05) is 0 Å². The van der Waals surface area contributed by atoms with Gasteiger partial charge in [0.05, 0.1) is 6.10 Å². The predicted molar refractivity (Wildman–Crippen MR) is 53.3 cm³/mol. The first kappa shape index (κ1) is 10.9. The third kappa shape index (κ3) is 5.22. The van der Waals surface area contributed by atoms with Gasteiger partial charge in [0.2, 0.25) is 0 Å². The van der Waals surface area contributed by atoms with Crippen molar-refractivity contribution in [2.24, 2.45) is 0 Å². The monoisotopic (exact) mass is 172 g/mol. The van der Waals surface area contributed by atoms with Crippen molar-refractivity contribution in [2.75, 3.05) is 0 Å². The molecule has 66 valence electrons. The van der Waals surface area contributed by atoms with Gasteiger partial charge in [-0.1, -0.05) is 19.1 Å². The Balaban J connectivity index is 3.87. The van der Waals surface area contributed by atoms with Crippen LogP contribution in [0.5, 0.6) is 0 Å². The standard InChI is InChI=1S/C9H20OSi/c1-7-8(2)9(3)10-11(4,5)6/h9H,2,7H2,1,3-6H3. The van der Waals surface area contributed by atoms with Crippen molar-refractivity contribution in [1.82, 2.24) is 0 Å². The first-order valence-electron chi connectivity index (χ1n) is 4.22. The van der Waals surface area contributed by atoms with E-state index in [4.69, 9.17) is 4.43 Å². The van der Waals surface area contributed by atoms with E-state index in [2.05, 4.69) is 40.1 Å². The molecule has 0 saturated carbocycles. The molecule has 0 fully saturated rings. The molecule has 0 aromatic rings. The highest BCUT2D eigenvalue weighted by atomic mass is 28.4. The predicted octanol–water partition coefficient (Wildman–Crippen LogP) is 3.19. The lowest BCUT2D eigenvalue weighted by Crippen LogP contribution is -2.31. The Labute approximate surface area is 71.6 Å². The average molecular weight is 172 g/mol. The first-order valence-corrected chi connectivity index (χ1v) is 7.63. The SMILES string of the molecule is C=C(CC)C(C)O[Si](C)(C)C. The molecule has 0 radical (unpaired) electrons. The molecule has 0 N–H and O–H groups in total. The molecule has 11 heavy (non-hydrogen) atoms. The zero-order chi connectivity index (χ0) is 9.07. The molecule has 1 atom stereocenters. The summed E-state index contributed by atoms with van der Waals surface area (Å²) in [7, 11) is -1.36. The summed E-state index contributed by atoms with van der Waals surface area (Å²) in [5.41, 5.74) is 1.20. The molecule has 1 nitrogen and oxygen atoms in total. The molecule has 0 aromatic carbocycles. The first-order chi connectivity index (χ1) is 4.87. The van der Waals surface area contributed by atoms with Crippen LogP contribution in [0.15, 0.2) is 12.2 Å². The molecular weight excluding hydrogens is 152 g/mol. The van der Waals surface area contributed by atoms with E-state index >= 15 is 0 Å². The highest BCUT2D eigenvalue weighted by Crippen LogP contribution is 2.14. The maximum Gasteiger partial charge on any atom is 0.184 e. The number of hydrogen-bond donors (Lipinski definition) is 0. The van der Waals surface area contributed by atoms with Gasteiger partial charge in [-0.15, -0.1) is 0 Å². The molecule has 0 bridgehead atoms.